The second-order valence-electron chi connectivity index (χ2n) is 5.69. The molecular formula is C19H23ClN2O2. The number of nitrogens with zero attached hydrogens (tertiary/aromatic N) is 1. The third-order valence-corrected chi connectivity index (χ3v) is 4.03. The van der Waals surface area contributed by atoms with E-state index in [1.807, 2.05) is 41.3 Å². The highest BCUT2D eigenvalue weighted by Crippen LogP contribution is 2.21. The van der Waals surface area contributed by atoms with Crippen LogP contribution in [-0.2, 0) is 11.2 Å². The molecule has 1 fully saturated rings. The molecule has 1 aliphatic heterocycles. The summed E-state index contributed by atoms with van der Waals surface area (Å²) in [7, 11) is 0. The molecule has 3 rings (SSSR count). The first-order chi connectivity index (χ1) is 11.3. The zero-order chi connectivity index (χ0) is 15.9. The van der Waals surface area contributed by atoms with E-state index >= 15 is 0 Å². The molecule has 0 bridgehead atoms. The van der Waals surface area contributed by atoms with Crippen LogP contribution in [0, 0.1) is 0 Å². The lowest BCUT2D eigenvalue weighted by molar-refractivity contribution is -0.133. The number of rotatable bonds is 5. The lowest BCUT2D eigenvalue weighted by Gasteiger charge is -2.27. The molecule has 0 spiro atoms. The summed E-state index contributed by atoms with van der Waals surface area (Å²) in [6.07, 6.45) is 0.804. The quantitative estimate of drug-likeness (QED) is 0.904. The second kappa shape index (κ2) is 9.30. The van der Waals surface area contributed by atoms with E-state index in [4.69, 9.17) is 4.74 Å². The van der Waals surface area contributed by atoms with Gasteiger partial charge in [-0.3, -0.25) is 4.79 Å². The SMILES string of the molecule is Cl.O=C(COc1ccccc1Cc1ccccc1)N1CCNCC1. The smallest absolute Gasteiger partial charge is 0.260 e. The number of nitrogens with one attached hydrogen (secondary N) is 1. The first-order valence-electron chi connectivity index (χ1n) is 8.06. The van der Waals surface area contributed by atoms with Crippen molar-refractivity contribution in [1.82, 2.24) is 10.2 Å². The molecule has 4 nitrogen and oxygen atoms in total. The normalized spacial score (nSPS) is 13.9. The van der Waals surface area contributed by atoms with Gasteiger partial charge in [-0.25, -0.2) is 0 Å². The van der Waals surface area contributed by atoms with Crippen molar-refractivity contribution in [2.24, 2.45) is 0 Å². The van der Waals surface area contributed by atoms with E-state index in [-0.39, 0.29) is 24.9 Å². The number of para-hydroxylation sites is 1. The summed E-state index contributed by atoms with van der Waals surface area (Å²) >= 11 is 0. The molecule has 5 heteroatoms. The van der Waals surface area contributed by atoms with Crippen LogP contribution in [0.4, 0.5) is 0 Å². The summed E-state index contributed by atoms with van der Waals surface area (Å²) in [6.45, 7) is 3.33. The van der Waals surface area contributed by atoms with Crippen molar-refractivity contribution >= 4 is 18.3 Å². The number of hydrogen-bond donors (Lipinski definition) is 1. The Hall–Kier alpha value is -2.04. The average molecular weight is 347 g/mol. The number of halogens is 1. The molecule has 2 aromatic carbocycles. The first-order valence-corrected chi connectivity index (χ1v) is 8.06. The third kappa shape index (κ3) is 4.98. The number of benzene rings is 2. The number of amides is 1. The number of carbonyl (C=O) groups excluding carboxylic acids is 1. The summed E-state index contributed by atoms with van der Waals surface area (Å²) in [6, 6.07) is 18.2. The van der Waals surface area contributed by atoms with Crippen molar-refractivity contribution in [1.29, 1.82) is 0 Å². The summed E-state index contributed by atoms with van der Waals surface area (Å²) < 4.78 is 5.81. The molecule has 0 saturated carbocycles. The highest BCUT2D eigenvalue weighted by Gasteiger charge is 2.17. The number of piperazine rings is 1. The summed E-state index contributed by atoms with van der Waals surface area (Å²) in [5.41, 5.74) is 2.34. The van der Waals surface area contributed by atoms with Crippen LogP contribution in [0.25, 0.3) is 0 Å². The fraction of sp³-hybridized carbons (Fsp3) is 0.316. The van der Waals surface area contributed by atoms with Gasteiger partial charge in [0.25, 0.3) is 5.91 Å². The lowest BCUT2D eigenvalue weighted by atomic mass is 10.0. The molecular weight excluding hydrogens is 324 g/mol. The Morgan fingerprint density at radius 1 is 1.00 bits per heavy atom. The fourth-order valence-electron chi connectivity index (χ4n) is 2.75. The molecule has 1 N–H and O–H groups in total. The van der Waals surface area contributed by atoms with E-state index in [1.54, 1.807) is 0 Å². The van der Waals surface area contributed by atoms with Crippen LogP contribution < -0.4 is 10.1 Å². The lowest BCUT2D eigenvalue weighted by Crippen LogP contribution is -2.47. The maximum atomic E-state index is 12.2. The highest BCUT2D eigenvalue weighted by molar-refractivity contribution is 5.85. The molecule has 0 unspecified atom stereocenters. The van der Waals surface area contributed by atoms with E-state index in [0.717, 1.165) is 43.9 Å². The largest absolute Gasteiger partial charge is 0.483 e. The maximum Gasteiger partial charge on any atom is 0.260 e. The van der Waals surface area contributed by atoms with Gasteiger partial charge in [0.05, 0.1) is 0 Å². The first kappa shape index (κ1) is 18.3. The van der Waals surface area contributed by atoms with Crippen molar-refractivity contribution in [3.05, 3.63) is 65.7 Å². The van der Waals surface area contributed by atoms with Gasteiger partial charge in [0.15, 0.2) is 6.61 Å². The van der Waals surface area contributed by atoms with E-state index in [1.165, 1.54) is 5.56 Å². The minimum atomic E-state index is 0. The Kier molecular flexibility index (Phi) is 7.09. The summed E-state index contributed by atoms with van der Waals surface area (Å²) in [5.74, 6) is 0.848. The van der Waals surface area contributed by atoms with E-state index < -0.39 is 0 Å². The summed E-state index contributed by atoms with van der Waals surface area (Å²) in [4.78, 5) is 14.1. The van der Waals surface area contributed by atoms with Gasteiger partial charge in [-0.05, 0) is 17.2 Å². The average Bonchev–Trinajstić information content (AvgIpc) is 2.62. The van der Waals surface area contributed by atoms with Crippen molar-refractivity contribution in [2.45, 2.75) is 6.42 Å². The van der Waals surface area contributed by atoms with Crippen LogP contribution in [0.3, 0.4) is 0 Å². The van der Waals surface area contributed by atoms with Gasteiger partial charge in [0.1, 0.15) is 5.75 Å². The van der Waals surface area contributed by atoms with Crippen LogP contribution in [0.5, 0.6) is 5.75 Å². The molecule has 0 aliphatic carbocycles. The predicted octanol–water partition coefficient (Wildman–Crippen LogP) is 2.51. The number of ether oxygens (including phenoxy) is 1. The van der Waals surface area contributed by atoms with Crippen molar-refractivity contribution in [2.75, 3.05) is 32.8 Å². The van der Waals surface area contributed by atoms with Gasteiger partial charge in [0.2, 0.25) is 0 Å². The fourth-order valence-corrected chi connectivity index (χ4v) is 2.75. The third-order valence-electron chi connectivity index (χ3n) is 4.03. The zero-order valence-corrected chi connectivity index (χ0v) is 14.4. The van der Waals surface area contributed by atoms with Crippen LogP contribution in [0.15, 0.2) is 54.6 Å². The van der Waals surface area contributed by atoms with Crippen LogP contribution in [0.1, 0.15) is 11.1 Å². The molecule has 128 valence electrons. The van der Waals surface area contributed by atoms with Crippen LogP contribution >= 0.6 is 12.4 Å². The highest BCUT2D eigenvalue weighted by atomic mass is 35.5. The van der Waals surface area contributed by atoms with Gasteiger partial charge < -0.3 is 15.0 Å². The Bertz CT molecular complexity index is 643. The zero-order valence-electron chi connectivity index (χ0n) is 13.6. The molecule has 1 heterocycles. The second-order valence-corrected chi connectivity index (χ2v) is 5.69. The van der Waals surface area contributed by atoms with Crippen molar-refractivity contribution in [3.8, 4) is 5.75 Å². The molecule has 0 aromatic heterocycles. The molecule has 1 amide bonds. The minimum absolute atomic E-state index is 0. The Morgan fingerprint density at radius 3 is 2.42 bits per heavy atom. The van der Waals surface area contributed by atoms with Crippen LogP contribution in [0.2, 0.25) is 0 Å². The predicted molar refractivity (Wildman–Crippen MR) is 97.9 cm³/mol. The monoisotopic (exact) mass is 346 g/mol. The van der Waals surface area contributed by atoms with Gasteiger partial charge in [-0.2, -0.15) is 0 Å². The Balaban J connectivity index is 0.00000208. The number of carbonyl (C=O) groups is 1. The molecule has 1 aliphatic rings. The maximum absolute atomic E-state index is 12.2. The topological polar surface area (TPSA) is 41.6 Å². The van der Waals surface area contributed by atoms with Gasteiger partial charge in [-0.15, -0.1) is 12.4 Å². The van der Waals surface area contributed by atoms with E-state index in [2.05, 4.69) is 23.5 Å². The van der Waals surface area contributed by atoms with E-state index in [0.29, 0.717) is 0 Å². The van der Waals surface area contributed by atoms with Crippen LogP contribution in [-0.4, -0.2) is 43.6 Å². The molecule has 0 radical (unpaired) electrons. The Morgan fingerprint density at radius 2 is 1.67 bits per heavy atom. The van der Waals surface area contributed by atoms with Gasteiger partial charge in [0, 0.05) is 32.6 Å². The molecule has 24 heavy (non-hydrogen) atoms. The molecule has 1 saturated heterocycles. The van der Waals surface area contributed by atoms with Gasteiger partial charge in [-0.1, -0.05) is 48.5 Å². The van der Waals surface area contributed by atoms with Gasteiger partial charge >= 0.3 is 0 Å². The Labute approximate surface area is 149 Å². The standard InChI is InChI=1S/C19H22N2O2.ClH/c22-19(21-12-10-20-11-13-21)15-23-18-9-5-4-8-17(18)14-16-6-2-1-3-7-16;/h1-9,20H,10-15H2;1H. The molecule has 0 atom stereocenters. The van der Waals surface area contributed by atoms with E-state index in [9.17, 15) is 4.79 Å². The molecule has 2 aromatic rings. The number of hydrogen-bond acceptors (Lipinski definition) is 3. The minimum Gasteiger partial charge on any atom is -0.483 e. The van der Waals surface area contributed by atoms with Crippen molar-refractivity contribution in [3.63, 3.8) is 0 Å². The van der Waals surface area contributed by atoms with Crippen molar-refractivity contribution < 1.29 is 9.53 Å². The summed E-state index contributed by atoms with van der Waals surface area (Å²) in [5, 5.41) is 3.25.